The van der Waals surface area contributed by atoms with Crippen LogP contribution in [0.15, 0.2) is 55.0 Å². The van der Waals surface area contributed by atoms with E-state index >= 15 is 4.39 Å². The Morgan fingerprint density at radius 1 is 1.11 bits per heavy atom. The molecule has 0 fully saturated rings. The highest BCUT2D eigenvalue weighted by atomic mass is 32.1. The Bertz CT molecular complexity index is 1770. The molecular weight excluding hydrogens is 477 g/mol. The van der Waals surface area contributed by atoms with E-state index in [4.69, 9.17) is 4.98 Å². The fourth-order valence-corrected chi connectivity index (χ4v) is 5.00. The highest BCUT2D eigenvalue weighted by molar-refractivity contribution is 7.15. The number of aromatic amines is 2. The number of fused-ring (bicyclic) bond motifs is 2. The molecule has 0 aliphatic rings. The van der Waals surface area contributed by atoms with Crippen LogP contribution in [0.25, 0.3) is 55.2 Å². The third kappa shape index (κ3) is 3.81. The lowest BCUT2D eigenvalue weighted by molar-refractivity contribution is -0.115. The quantitative estimate of drug-likeness (QED) is 0.267. The number of carbonyl (C=O) groups excluding carboxylic acids is 1. The molecule has 10 heteroatoms. The maximum Gasteiger partial charge on any atom is 0.224 e. The number of halogens is 1. The highest BCUT2D eigenvalue weighted by Gasteiger charge is 2.19. The van der Waals surface area contributed by atoms with Gasteiger partial charge in [-0.05, 0) is 48.9 Å². The largest absolute Gasteiger partial charge is 0.337 e. The first-order valence-electron chi connectivity index (χ1n) is 11.3. The molecule has 0 radical (unpaired) electrons. The monoisotopic (exact) mass is 497 g/mol. The van der Waals surface area contributed by atoms with Crippen molar-refractivity contribution in [2.45, 2.75) is 20.3 Å². The molecule has 3 N–H and O–H groups in total. The van der Waals surface area contributed by atoms with Gasteiger partial charge >= 0.3 is 0 Å². The molecule has 1 amide bonds. The van der Waals surface area contributed by atoms with Gasteiger partial charge in [-0.3, -0.25) is 19.9 Å². The standard InChI is InChI=1S/C26H20FN7OS/c1-3-21(35)30-16-8-15(11-28-12-16)14-9-17-22(18(27)10-14)33-34-23(17)26-31-19-6-7-29-25(24(19)32-26)20-5-4-13(2)36-20/h4-12H,3H2,1-2H3,(H,30,35)(H,31,32)(H,33,34). The average Bonchev–Trinajstić information content (AvgIpc) is 3.61. The Labute approximate surface area is 208 Å². The van der Waals surface area contributed by atoms with Crippen LogP contribution in [0.3, 0.4) is 0 Å². The predicted molar refractivity (Wildman–Crippen MR) is 139 cm³/mol. The van der Waals surface area contributed by atoms with Gasteiger partial charge in [0.15, 0.2) is 11.6 Å². The normalized spacial score (nSPS) is 11.4. The molecule has 0 unspecified atom stereocenters. The summed E-state index contributed by atoms with van der Waals surface area (Å²) in [6, 6.07) is 11.0. The van der Waals surface area contributed by atoms with Gasteiger partial charge in [0.25, 0.3) is 0 Å². The number of amides is 1. The van der Waals surface area contributed by atoms with E-state index in [-0.39, 0.29) is 11.4 Å². The number of aryl methyl sites for hydroxylation is 1. The summed E-state index contributed by atoms with van der Waals surface area (Å²) in [6.07, 6.45) is 5.29. The highest BCUT2D eigenvalue weighted by Crippen LogP contribution is 2.35. The minimum Gasteiger partial charge on any atom is -0.337 e. The first-order valence-corrected chi connectivity index (χ1v) is 12.2. The lowest BCUT2D eigenvalue weighted by Gasteiger charge is -2.07. The number of thiophene rings is 1. The van der Waals surface area contributed by atoms with Gasteiger partial charge < -0.3 is 10.3 Å². The third-order valence-electron chi connectivity index (χ3n) is 5.90. The second kappa shape index (κ2) is 8.65. The number of hydrogen-bond acceptors (Lipinski definition) is 6. The van der Waals surface area contributed by atoms with Gasteiger partial charge in [-0.15, -0.1) is 11.3 Å². The molecule has 6 rings (SSSR count). The number of H-pyrrole nitrogens is 2. The lowest BCUT2D eigenvalue weighted by Crippen LogP contribution is -2.09. The number of carbonyl (C=O) groups is 1. The van der Waals surface area contributed by atoms with Crippen LogP contribution in [0.5, 0.6) is 0 Å². The van der Waals surface area contributed by atoms with E-state index in [1.807, 2.05) is 18.2 Å². The molecule has 1 aromatic carbocycles. The van der Waals surface area contributed by atoms with Crippen molar-refractivity contribution >= 4 is 44.9 Å². The van der Waals surface area contributed by atoms with Gasteiger partial charge in [0.1, 0.15) is 22.4 Å². The Balaban J connectivity index is 1.46. The number of rotatable bonds is 5. The van der Waals surface area contributed by atoms with E-state index in [1.165, 1.54) is 10.9 Å². The van der Waals surface area contributed by atoms with Crippen molar-refractivity contribution in [3.05, 3.63) is 65.7 Å². The maximum atomic E-state index is 15.1. The molecule has 0 saturated heterocycles. The van der Waals surface area contributed by atoms with Gasteiger partial charge in [-0.25, -0.2) is 9.37 Å². The molecule has 36 heavy (non-hydrogen) atoms. The van der Waals surface area contributed by atoms with Gasteiger partial charge in [-0.2, -0.15) is 5.10 Å². The minimum atomic E-state index is -0.472. The second-order valence-corrected chi connectivity index (χ2v) is 9.66. The van der Waals surface area contributed by atoms with Crippen molar-refractivity contribution in [1.82, 2.24) is 30.1 Å². The number of nitrogens with one attached hydrogen (secondary N) is 3. The van der Waals surface area contributed by atoms with E-state index in [0.29, 0.717) is 40.1 Å². The van der Waals surface area contributed by atoms with Crippen molar-refractivity contribution in [1.29, 1.82) is 0 Å². The van der Waals surface area contributed by atoms with Crippen molar-refractivity contribution in [2.75, 3.05) is 5.32 Å². The van der Waals surface area contributed by atoms with Crippen LogP contribution in [0.2, 0.25) is 0 Å². The Hall–Kier alpha value is -4.44. The summed E-state index contributed by atoms with van der Waals surface area (Å²) in [5.41, 5.74) is 4.95. The Morgan fingerprint density at radius 3 is 2.81 bits per heavy atom. The smallest absolute Gasteiger partial charge is 0.224 e. The number of nitrogens with zero attached hydrogens (tertiary/aromatic N) is 4. The summed E-state index contributed by atoms with van der Waals surface area (Å²) < 4.78 is 15.1. The molecule has 0 spiro atoms. The summed E-state index contributed by atoms with van der Waals surface area (Å²) >= 11 is 1.65. The van der Waals surface area contributed by atoms with Crippen LogP contribution < -0.4 is 5.32 Å². The van der Waals surface area contributed by atoms with Crippen molar-refractivity contribution in [3.63, 3.8) is 0 Å². The number of benzene rings is 1. The maximum absolute atomic E-state index is 15.1. The Morgan fingerprint density at radius 2 is 2.00 bits per heavy atom. The lowest BCUT2D eigenvalue weighted by atomic mass is 10.0. The SMILES string of the molecule is CCC(=O)Nc1cncc(-c2cc(F)c3n[nH]c(-c4nc5c(-c6ccc(C)s6)nccc5[nH]4)c3c2)c1. The van der Waals surface area contributed by atoms with Crippen LogP contribution >= 0.6 is 11.3 Å². The molecule has 0 aliphatic heterocycles. The molecule has 178 valence electrons. The summed E-state index contributed by atoms with van der Waals surface area (Å²) in [5, 5.41) is 10.5. The van der Waals surface area contributed by atoms with Crippen LogP contribution in [-0.2, 0) is 4.79 Å². The molecule has 6 aromatic rings. The molecule has 5 aromatic heterocycles. The Kier molecular flexibility index (Phi) is 5.30. The topological polar surface area (TPSA) is 112 Å². The van der Waals surface area contributed by atoms with E-state index in [0.717, 1.165) is 21.6 Å². The fraction of sp³-hybridized carbons (Fsp3) is 0.115. The number of anilines is 1. The van der Waals surface area contributed by atoms with E-state index in [9.17, 15) is 4.79 Å². The van der Waals surface area contributed by atoms with Gasteiger partial charge in [0.05, 0.1) is 22.3 Å². The summed E-state index contributed by atoms with van der Waals surface area (Å²) in [5.74, 6) is -0.0571. The number of hydrogen-bond donors (Lipinski definition) is 3. The van der Waals surface area contributed by atoms with Crippen LogP contribution in [0.4, 0.5) is 10.1 Å². The summed E-state index contributed by atoms with van der Waals surface area (Å²) in [6.45, 7) is 3.82. The summed E-state index contributed by atoms with van der Waals surface area (Å²) in [7, 11) is 0. The molecule has 0 bridgehead atoms. The number of aromatic nitrogens is 6. The van der Waals surface area contributed by atoms with Gasteiger partial charge in [0, 0.05) is 34.6 Å². The number of imidazole rings is 1. The van der Waals surface area contributed by atoms with E-state index < -0.39 is 5.82 Å². The average molecular weight is 498 g/mol. The zero-order chi connectivity index (χ0) is 24.8. The van der Waals surface area contributed by atoms with Gasteiger partial charge in [0.2, 0.25) is 5.91 Å². The van der Waals surface area contributed by atoms with Crippen LogP contribution in [-0.4, -0.2) is 36.0 Å². The second-order valence-electron chi connectivity index (χ2n) is 8.37. The first-order chi connectivity index (χ1) is 17.5. The number of pyridine rings is 2. The van der Waals surface area contributed by atoms with Crippen LogP contribution in [0.1, 0.15) is 18.2 Å². The molecule has 8 nitrogen and oxygen atoms in total. The molecule has 0 saturated carbocycles. The molecule has 0 atom stereocenters. The zero-order valence-electron chi connectivity index (χ0n) is 19.4. The minimum absolute atomic E-state index is 0.121. The van der Waals surface area contributed by atoms with Crippen LogP contribution in [0, 0.1) is 12.7 Å². The molecular formula is C26H20FN7OS. The fourth-order valence-electron chi connectivity index (χ4n) is 4.13. The molecule has 0 aliphatic carbocycles. The van der Waals surface area contributed by atoms with E-state index in [1.54, 1.807) is 42.9 Å². The molecule has 5 heterocycles. The third-order valence-corrected chi connectivity index (χ3v) is 6.91. The first kappa shape index (κ1) is 22.1. The van der Waals surface area contributed by atoms with Crippen molar-refractivity contribution in [2.24, 2.45) is 0 Å². The van der Waals surface area contributed by atoms with E-state index in [2.05, 4.69) is 43.5 Å². The van der Waals surface area contributed by atoms with Gasteiger partial charge in [-0.1, -0.05) is 6.92 Å². The van der Waals surface area contributed by atoms with Crippen molar-refractivity contribution in [3.8, 4) is 33.2 Å². The van der Waals surface area contributed by atoms with Crippen molar-refractivity contribution < 1.29 is 9.18 Å². The summed E-state index contributed by atoms with van der Waals surface area (Å²) in [4.78, 5) is 30.9. The zero-order valence-corrected chi connectivity index (χ0v) is 20.2. The predicted octanol–water partition coefficient (Wildman–Crippen LogP) is 6.09.